The van der Waals surface area contributed by atoms with Crippen LogP contribution in [0.3, 0.4) is 0 Å². The number of rotatable bonds is 7. The predicted molar refractivity (Wildman–Crippen MR) is 101 cm³/mol. The van der Waals surface area contributed by atoms with Crippen molar-refractivity contribution in [2.45, 2.75) is 24.6 Å². The van der Waals surface area contributed by atoms with Gasteiger partial charge in [0.25, 0.3) is 0 Å². The molecule has 0 amide bonds. The van der Waals surface area contributed by atoms with Gasteiger partial charge in [-0.2, -0.15) is 0 Å². The minimum Gasteiger partial charge on any atom is -0.508 e. The lowest BCUT2D eigenvalue weighted by Gasteiger charge is -2.21. The van der Waals surface area contributed by atoms with E-state index in [2.05, 4.69) is 0 Å². The topological polar surface area (TPSA) is 155 Å². The highest BCUT2D eigenvalue weighted by Gasteiger charge is 2.44. The molecule has 4 atom stereocenters. The summed E-state index contributed by atoms with van der Waals surface area (Å²) in [4.78, 5) is 13.2. The van der Waals surface area contributed by atoms with Crippen LogP contribution in [0.1, 0.15) is 15.9 Å². The molecule has 1 fully saturated rings. The molecule has 0 unspecified atom stereocenters. The summed E-state index contributed by atoms with van der Waals surface area (Å²) in [6.45, 7) is -0.548. The molecule has 5 N–H and O–H groups in total. The van der Waals surface area contributed by atoms with Gasteiger partial charge in [0.05, 0.1) is 20.8 Å². The number of phenols is 2. The number of aromatic hydroxyl groups is 2. The molecule has 1 aliphatic heterocycles. The Balaban J connectivity index is 2.06. The average Bonchev–Trinajstić information content (AvgIpc) is 2.99. The molecule has 2 aromatic rings. The van der Waals surface area contributed by atoms with Gasteiger partial charge in [-0.3, -0.25) is 4.79 Å². The van der Waals surface area contributed by atoms with E-state index < -0.39 is 37.0 Å². The Morgan fingerprint density at radius 3 is 2.13 bits per heavy atom. The number of phenolic OH excluding ortho intramolecular Hbond substituents is 2. The molecule has 3 rings (SSSR count). The lowest BCUT2D eigenvalue weighted by atomic mass is 10.0. The molecule has 1 heterocycles. The molecule has 10 heteroatoms. The van der Waals surface area contributed by atoms with Crippen LogP contribution in [-0.2, 0) is 4.74 Å². The number of methoxy groups -OCH3 is 2. The fraction of sp³-hybridized carbons (Fsp3) is 0.350. The molecule has 0 aliphatic carbocycles. The summed E-state index contributed by atoms with van der Waals surface area (Å²) < 4.78 is 21.5. The van der Waals surface area contributed by atoms with Gasteiger partial charge in [0.15, 0.2) is 0 Å². The van der Waals surface area contributed by atoms with Crippen LogP contribution in [0, 0.1) is 0 Å². The quantitative estimate of drug-likeness (QED) is 0.390. The van der Waals surface area contributed by atoms with Crippen LogP contribution in [0.4, 0.5) is 0 Å². The summed E-state index contributed by atoms with van der Waals surface area (Å²) in [5.41, 5.74) is -0.150. The molecular weight excluding hydrogens is 400 g/mol. The lowest BCUT2D eigenvalue weighted by Crippen LogP contribution is -2.35. The summed E-state index contributed by atoms with van der Waals surface area (Å²) in [5, 5.41) is 48.8. The van der Waals surface area contributed by atoms with E-state index in [1.54, 1.807) is 0 Å². The molecule has 2 aromatic carbocycles. The third-order valence-electron chi connectivity index (χ3n) is 4.63. The Morgan fingerprint density at radius 2 is 1.60 bits per heavy atom. The van der Waals surface area contributed by atoms with Crippen molar-refractivity contribution in [2.24, 2.45) is 0 Å². The van der Waals surface area contributed by atoms with Crippen molar-refractivity contribution < 1.29 is 49.3 Å². The normalized spacial score (nSPS) is 23.2. The highest BCUT2D eigenvalue weighted by Crippen LogP contribution is 2.38. The first-order valence-corrected chi connectivity index (χ1v) is 8.91. The number of aliphatic hydroxyl groups is 3. The van der Waals surface area contributed by atoms with Gasteiger partial charge in [0.1, 0.15) is 52.6 Å². The van der Waals surface area contributed by atoms with Crippen molar-refractivity contribution >= 4 is 5.78 Å². The monoisotopic (exact) mass is 422 g/mol. The van der Waals surface area contributed by atoms with Crippen LogP contribution < -0.4 is 14.2 Å². The van der Waals surface area contributed by atoms with E-state index in [1.807, 2.05) is 0 Å². The fourth-order valence-electron chi connectivity index (χ4n) is 3.12. The highest BCUT2D eigenvalue weighted by atomic mass is 16.7. The Labute approximate surface area is 171 Å². The van der Waals surface area contributed by atoms with Crippen LogP contribution in [0.25, 0.3) is 0 Å². The third-order valence-corrected chi connectivity index (χ3v) is 4.63. The largest absolute Gasteiger partial charge is 0.508 e. The van der Waals surface area contributed by atoms with Crippen LogP contribution in [0.15, 0.2) is 30.3 Å². The minimum absolute atomic E-state index is 0.0537. The van der Waals surface area contributed by atoms with Gasteiger partial charge < -0.3 is 44.5 Å². The first kappa shape index (κ1) is 21.7. The molecule has 1 saturated heterocycles. The van der Waals surface area contributed by atoms with Crippen molar-refractivity contribution in [3.63, 3.8) is 0 Å². The lowest BCUT2D eigenvalue weighted by molar-refractivity contribution is -0.116. The number of ketones is 1. The smallest absolute Gasteiger partial charge is 0.229 e. The van der Waals surface area contributed by atoms with Crippen LogP contribution >= 0.6 is 0 Å². The SMILES string of the molecule is COc1cc(OC)c(C(=O)c2cc(O)cc(O)c2)c(O[C@H]2O[C@@H](CO)[C@H](O)[C@H]2O)c1. The molecule has 0 saturated carbocycles. The van der Waals surface area contributed by atoms with E-state index in [9.17, 15) is 30.3 Å². The van der Waals surface area contributed by atoms with Gasteiger partial charge in [-0.15, -0.1) is 0 Å². The summed E-state index contributed by atoms with van der Waals surface area (Å²) in [6.07, 6.45) is -5.35. The van der Waals surface area contributed by atoms with Gasteiger partial charge in [0.2, 0.25) is 12.1 Å². The zero-order valence-electron chi connectivity index (χ0n) is 16.2. The molecule has 30 heavy (non-hydrogen) atoms. The van der Waals surface area contributed by atoms with Crippen molar-refractivity contribution in [2.75, 3.05) is 20.8 Å². The fourth-order valence-corrected chi connectivity index (χ4v) is 3.12. The van der Waals surface area contributed by atoms with Gasteiger partial charge in [-0.05, 0) is 12.1 Å². The van der Waals surface area contributed by atoms with Gasteiger partial charge >= 0.3 is 0 Å². The second-order valence-electron chi connectivity index (χ2n) is 6.59. The molecule has 0 aromatic heterocycles. The van der Waals surface area contributed by atoms with E-state index in [4.69, 9.17) is 18.9 Å². The number of aliphatic hydroxyl groups excluding tert-OH is 3. The number of hydrogen-bond acceptors (Lipinski definition) is 10. The van der Waals surface area contributed by atoms with E-state index in [-0.39, 0.29) is 39.9 Å². The minimum atomic E-state index is -1.49. The Hall–Kier alpha value is -3.05. The first-order valence-electron chi connectivity index (χ1n) is 8.91. The Morgan fingerprint density at radius 1 is 0.967 bits per heavy atom. The van der Waals surface area contributed by atoms with Crippen molar-refractivity contribution in [3.05, 3.63) is 41.5 Å². The van der Waals surface area contributed by atoms with Crippen molar-refractivity contribution in [1.29, 1.82) is 0 Å². The number of carbonyl (C=O) groups is 1. The number of carbonyl (C=O) groups excluding carboxylic acids is 1. The zero-order valence-corrected chi connectivity index (χ0v) is 16.2. The summed E-state index contributed by atoms with van der Waals surface area (Å²) >= 11 is 0. The molecular formula is C20H22O10. The van der Waals surface area contributed by atoms with Crippen molar-refractivity contribution in [3.8, 4) is 28.7 Å². The molecule has 0 bridgehead atoms. The standard InChI is InChI=1S/C20H22O10/c1-27-12-6-13(28-2)16(17(24)9-3-10(22)5-11(23)4-9)14(7-12)29-20-19(26)18(25)15(8-21)30-20/h3-7,15,18-23,25-26H,8H2,1-2H3/t15-,18-,19+,20-/m0/s1. The average molecular weight is 422 g/mol. The van der Waals surface area contributed by atoms with Gasteiger partial charge in [0, 0.05) is 23.8 Å². The molecule has 1 aliphatic rings. The highest BCUT2D eigenvalue weighted by molar-refractivity contribution is 6.13. The molecule has 0 radical (unpaired) electrons. The van der Waals surface area contributed by atoms with E-state index in [1.165, 1.54) is 26.4 Å². The van der Waals surface area contributed by atoms with Crippen LogP contribution in [0.5, 0.6) is 28.7 Å². The second-order valence-corrected chi connectivity index (χ2v) is 6.59. The van der Waals surface area contributed by atoms with Gasteiger partial charge in [-0.1, -0.05) is 0 Å². The maximum Gasteiger partial charge on any atom is 0.229 e. The second kappa shape index (κ2) is 8.76. The zero-order chi connectivity index (χ0) is 22.0. The first-order chi connectivity index (χ1) is 14.3. The maximum atomic E-state index is 13.2. The van der Waals surface area contributed by atoms with Crippen LogP contribution in [0.2, 0.25) is 0 Å². The van der Waals surface area contributed by atoms with E-state index in [0.29, 0.717) is 0 Å². The summed E-state index contributed by atoms with van der Waals surface area (Å²) in [7, 11) is 2.71. The Kier molecular flexibility index (Phi) is 6.32. The van der Waals surface area contributed by atoms with E-state index in [0.717, 1.165) is 18.2 Å². The van der Waals surface area contributed by atoms with Crippen LogP contribution in [-0.4, -0.2) is 76.7 Å². The maximum absolute atomic E-state index is 13.2. The van der Waals surface area contributed by atoms with Gasteiger partial charge in [-0.25, -0.2) is 0 Å². The summed E-state index contributed by atoms with van der Waals surface area (Å²) in [5.74, 6) is -1.09. The summed E-state index contributed by atoms with van der Waals surface area (Å²) in [6, 6.07) is 6.16. The predicted octanol–water partition coefficient (Wildman–Crippen LogP) is 0.164. The van der Waals surface area contributed by atoms with Crippen molar-refractivity contribution in [1.82, 2.24) is 0 Å². The number of ether oxygens (including phenoxy) is 4. The van der Waals surface area contributed by atoms with E-state index >= 15 is 0 Å². The third kappa shape index (κ3) is 4.12. The molecule has 162 valence electrons. The Bertz CT molecular complexity index is 908. The number of hydrogen-bond donors (Lipinski definition) is 5. The number of benzene rings is 2. The molecule has 10 nitrogen and oxygen atoms in total. The molecule has 0 spiro atoms.